The molecular weight excluding hydrogens is 596 g/mol. The summed E-state index contributed by atoms with van der Waals surface area (Å²) in [6.07, 6.45) is 10.4. The summed E-state index contributed by atoms with van der Waals surface area (Å²) in [5, 5.41) is 20.1. The molecular formula is C41H46N4O3. The number of hydrogen-bond donors (Lipinski definition) is 0. The molecule has 0 atom stereocenters. The molecule has 0 radical (unpaired) electrons. The molecule has 0 N–H and O–H groups in total. The molecule has 0 unspecified atom stereocenters. The van der Waals surface area contributed by atoms with Crippen molar-refractivity contribution in [3.8, 4) is 17.2 Å². The molecule has 5 aromatic carbocycles. The minimum absolute atomic E-state index is 0.681. The van der Waals surface area contributed by atoms with Gasteiger partial charge in [-0.05, 0) is 117 Å². The molecule has 5 rings (SSSR count). The lowest BCUT2D eigenvalue weighted by Crippen LogP contribution is -1.99. The molecule has 0 spiro atoms. The molecule has 0 aliphatic rings. The average molecular weight is 643 g/mol. The number of rotatable bonds is 19. The third-order valence-corrected chi connectivity index (χ3v) is 8.15. The summed E-state index contributed by atoms with van der Waals surface area (Å²) >= 11 is 0. The first-order valence-corrected chi connectivity index (χ1v) is 17.2. The zero-order chi connectivity index (χ0) is 33.2. The van der Waals surface area contributed by atoms with Gasteiger partial charge in [0.15, 0.2) is 0 Å². The quantitative estimate of drug-likeness (QED) is 0.0664. The van der Waals surface area contributed by atoms with E-state index < -0.39 is 0 Å². The Morgan fingerprint density at radius 2 is 0.938 bits per heavy atom. The molecule has 0 bridgehead atoms. The van der Waals surface area contributed by atoms with Gasteiger partial charge in [-0.1, -0.05) is 62.6 Å². The monoisotopic (exact) mass is 642 g/mol. The van der Waals surface area contributed by atoms with E-state index in [0.717, 1.165) is 82.9 Å². The molecule has 7 heteroatoms. The molecule has 0 aliphatic carbocycles. The molecule has 0 saturated heterocycles. The first-order chi connectivity index (χ1) is 23.7. The highest BCUT2D eigenvalue weighted by Crippen LogP contribution is 2.35. The van der Waals surface area contributed by atoms with Crippen LogP contribution in [0.5, 0.6) is 17.2 Å². The molecule has 0 fully saturated rings. The van der Waals surface area contributed by atoms with Crippen LogP contribution in [0.25, 0.3) is 10.8 Å². The van der Waals surface area contributed by atoms with E-state index in [1.54, 1.807) is 7.11 Å². The van der Waals surface area contributed by atoms with Crippen molar-refractivity contribution in [3.05, 3.63) is 115 Å². The first kappa shape index (κ1) is 34.3. The minimum Gasteiger partial charge on any atom is -0.497 e. The second kappa shape index (κ2) is 18.9. The third-order valence-electron chi connectivity index (χ3n) is 8.15. The number of benzene rings is 5. The lowest BCUT2D eigenvalue weighted by molar-refractivity contribution is 0.287. The molecule has 0 amide bonds. The number of azo groups is 2. The summed E-state index contributed by atoms with van der Waals surface area (Å²) in [5.74, 6) is 2.54. The smallest absolute Gasteiger partial charge is 0.119 e. The summed E-state index contributed by atoms with van der Waals surface area (Å²) in [6.45, 7) is 3.63. The fourth-order valence-corrected chi connectivity index (χ4v) is 5.37. The highest BCUT2D eigenvalue weighted by molar-refractivity contribution is 5.99. The normalized spacial score (nSPS) is 11.5. The third kappa shape index (κ3) is 10.8. The van der Waals surface area contributed by atoms with Crippen LogP contribution in [0, 0.1) is 0 Å². The van der Waals surface area contributed by atoms with Crippen LogP contribution < -0.4 is 14.2 Å². The Labute approximate surface area is 284 Å². The Hall–Kier alpha value is -5.04. The zero-order valence-corrected chi connectivity index (χ0v) is 28.2. The largest absolute Gasteiger partial charge is 0.497 e. The Kier molecular flexibility index (Phi) is 13.5. The molecule has 0 heterocycles. The van der Waals surface area contributed by atoms with Crippen molar-refractivity contribution >= 4 is 33.5 Å². The van der Waals surface area contributed by atoms with E-state index in [-0.39, 0.29) is 0 Å². The summed E-state index contributed by atoms with van der Waals surface area (Å²) in [7, 11) is 1.66. The lowest BCUT2D eigenvalue weighted by atomic mass is 10.1. The van der Waals surface area contributed by atoms with Crippen LogP contribution in [0.4, 0.5) is 22.7 Å². The number of nitrogens with zero attached hydrogens (tertiary/aromatic N) is 4. The van der Waals surface area contributed by atoms with Gasteiger partial charge in [-0.25, -0.2) is 0 Å². The summed E-state index contributed by atoms with van der Waals surface area (Å²) in [4.78, 5) is 0. The Bertz CT molecular complexity index is 1730. The standard InChI is InChI=1S/C41H46N4O3/c1-3-4-5-8-13-32-16-18-33(19-17-32)42-44-40-28-29-41(39-15-10-9-14-38(39)40)45-43-34-20-22-36(23-21-34)47-30-11-6-7-12-31-48-37-26-24-35(46-2)25-27-37/h9-10,14-29H,3-8,11-13,30-31H2,1-2H3. The van der Waals surface area contributed by atoms with E-state index in [1.165, 1.54) is 31.2 Å². The average Bonchev–Trinajstić information content (AvgIpc) is 3.14. The molecule has 248 valence electrons. The SMILES string of the molecule is CCCCCCc1ccc(N=Nc2ccc(N=Nc3ccc(OCCCCCCOc4ccc(OC)cc4)cc3)c3ccccc23)cc1. The van der Waals surface area contributed by atoms with Gasteiger partial charge in [0.2, 0.25) is 0 Å². The van der Waals surface area contributed by atoms with Gasteiger partial charge in [0, 0.05) is 10.8 Å². The van der Waals surface area contributed by atoms with Crippen molar-refractivity contribution in [2.45, 2.75) is 64.7 Å². The maximum Gasteiger partial charge on any atom is 0.119 e. The number of methoxy groups -OCH3 is 1. The second-order valence-electron chi connectivity index (χ2n) is 11.8. The van der Waals surface area contributed by atoms with Crippen molar-refractivity contribution in [1.82, 2.24) is 0 Å². The van der Waals surface area contributed by atoms with Crippen LogP contribution in [-0.2, 0) is 6.42 Å². The first-order valence-electron chi connectivity index (χ1n) is 17.2. The van der Waals surface area contributed by atoms with Gasteiger partial charge in [0.1, 0.15) is 17.2 Å². The number of aryl methyl sites for hydroxylation is 1. The number of fused-ring (bicyclic) bond motifs is 1. The van der Waals surface area contributed by atoms with E-state index in [4.69, 9.17) is 14.2 Å². The van der Waals surface area contributed by atoms with Crippen molar-refractivity contribution in [2.75, 3.05) is 20.3 Å². The van der Waals surface area contributed by atoms with Gasteiger partial charge >= 0.3 is 0 Å². The van der Waals surface area contributed by atoms with Gasteiger partial charge < -0.3 is 14.2 Å². The minimum atomic E-state index is 0.681. The topological polar surface area (TPSA) is 77.1 Å². The van der Waals surface area contributed by atoms with Crippen LogP contribution in [0.1, 0.15) is 63.9 Å². The molecule has 0 saturated carbocycles. The molecule has 48 heavy (non-hydrogen) atoms. The molecule has 0 aliphatic heterocycles. The fraction of sp³-hybridized carbons (Fsp3) is 0.317. The van der Waals surface area contributed by atoms with Crippen LogP contribution >= 0.6 is 0 Å². The van der Waals surface area contributed by atoms with Gasteiger partial charge in [0.05, 0.1) is 43.1 Å². The molecule has 5 aromatic rings. The Morgan fingerprint density at radius 3 is 1.46 bits per heavy atom. The van der Waals surface area contributed by atoms with Gasteiger partial charge in [-0.3, -0.25) is 0 Å². The van der Waals surface area contributed by atoms with Crippen molar-refractivity contribution in [2.24, 2.45) is 20.5 Å². The van der Waals surface area contributed by atoms with E-state index in [9.17, 15) is 0 Å². The summed E-state index contributed by atoms with van der Waals surface area (Å²) < 4.78 is 16.9. The maximum atomic E-state index is 5.94. The predicted molar refractivity (Wildman–Crippen MR) is 195 cm³/mol. The van der Waals surface area contributed by atoms with Crippen molar-refractivity contribution in [3.63, 3.8) is 0 Å². The molecule has 0 aromatic heterocycles. The van der Waals surface area contributed by atoms with Crippen LogP contribution in [0.2, 0.25) is 0 Å². The van der Waals surface area contributed by atoms with Crippen molar-refractivity contribution < 1.29 is 14.2 Å². The number of ether oxygens (including phenoxy) is 3. The maximum absolute atomic E-state index is 5.94. The summed E-state index contributed by atoms with van der Waals surface area (Å²) in [5.41, 5.74) is 4.55. The number of hydrogen-bond acceptors (Lipinski definition) is 7. The highest BCUT2D eigenvalue weighted by Gasteiger charge is 2.06. The fourth-order valence-electron chi connectivity index (χ4n) is 5.37. The highest BCUT2D eigenvalue weighted by atomic mass is 16.5. The Morgan fingerprint density at radius 1 is 0.458 bits per heavy atom. The van der Waals surface area contributed by atoms with Crippen LogP contribution in [0.15, 0.2) is 130 Å². The van der Waals surface area contributed by atoms with Gasteiger partial charge in [-0.15, -0.1) is 10.2 Å². The number of unbranched alkanes of at least 4 members (excludes halogenated alkanes) is 6. The van der Waals surface area contributed by atoms with E-state index in [2.05, 4.69) is 39.5 Å². The predicted octanol–water partition coefficient (Wildman–Crippen LogP) is 12.8. The van der Waals surface area contributed by atoms with E-state index in [0.29, 0.717) is 13.2 Å². The van der Waals surface area contributed by atoms with Crippen LogP contribution in [-0.4, -0.2) is 20.3 Å². The zero-order valence-electron chi connectivity index (χ0n) is 28.2. The second-order valence-corrected chi connectivity index (χ2v) is 11.8. The van der Waals surface area contributed by atoms with Crippen LogP contribution in [0.3, 0.4) is 0 Å². The molecule has 7 nitrogen and oxygen atoms in total. The van der Waals surface area contributed by atoms with Crippen molar-refractivity contribution in [1.29, 1.82) is 0 Å². The Balaban J connectivity index is 1.07. The summed E-state index contributed by atoms with van der Waals surface area (Å²) in [6, 6.07) is 35.8. The lowest BCUT2D eigenvalue weighted by Gasteiger charge is -2.08. The van der Waals surface area contributed by atoms with Gasteiger partial charge in [0.25, 0.3) is 0 Å². The van der Waals surface area contributed by atoms with E-state index >= 15 is 0 Å². The van der Waals surface area contributed by atoms with E-state index in [1.807, 2.05) is 97.1 Å². The van der Waals surface area contributed by atoms with Gasteiger partial charge in [-0.2, -0.15) is 10.2 Å².